The summed E-state index contributed by atoms with van der Waals surface area (Å²) in [5.74, 6) is 0.788. The van der Waals surface area contributed by atoms with Gasteiger partial charge < -0.3 is 15.0 Å². The van der Waals surface area contributed by atoms with Crippen molar-refractivity contribution in [1.29, 1.82) is 0 Å². The van der Waals surface area contributed by atoms with E-state index in [1.807, 2.05) is 55.5 Å². The van der Waals surface area contributed by atoms with Crippen molar-refractivity contribution in [2.24, 2.45) is 0 Å². The van der Waals surface area contributed by atoms with Crippen molar-refractivity contribution in [2.45, 2.75) is 33.2 Å². The van der Waals surface area contributed by atoms with Crippen LogP contribution < -0.4 is 10.1 Å². The van der Waals surface area contributed by atoms with Crippen LogP contribution in [0.25, 0.3) is 0 Å². The van der Waals surface area contributed by atoms with Crippen LogP contribution in [0.1, 0.15) is 30.9 Å². The molecule has 2 aromatic carbocycles. The van der Waals surface area contributed by atoms with E-state index in [2.05, 4.69) is 5.32 Å². The maximum absolute atomic E-state index is 12.1. The third-order valence-electron chi connectivity index (χ3n) is 3.97. The van der Waals surface area contributed by atoms with Crippen molar-refractivity contribution in [3.05, 3.63) is 59.7 Å². The molecule has 0 heterocycles. The van der Waals surface area contributed by atoms with Crippen molar-refractivity contribution < 1.29 is 14.3 Å². The molecule has 5 nitrogen and oxygen atoms in total. The van der Waals surface area contributed by atoms with E-state index in [1.165, 1.54) is 6.92 Å². The standard InChI is InChI=1S/C21H26N2O3/c1-16-7-4-10-20(13-16)26-12-6-11-21(25)22-19-9-5-8-18(14-19)15-23(3)17(2)24/h4-5,7-10,13-14H,6,11-12,15H2,1-3H3,(H,22,25). The predicted octanol–water partition coefficient (Wildman–Crippen LogP) is 3.77. The molecule has 138 valence electrons. The molecule has 0 radical (unpaired) electrons. The zero-order chi connectivity index (χ0) is 18.9. The number of carbonyl (C=O) groups excluding carboxylic acids is 2. The number of anilines is 1. The fourth-order valence-electron chi connectivity index (χ4n) is 2.48. The Labute approximate surface area is 155 Å². The van der Waals surface area contributed by atoms with Crippen LogP contribution in [0.3, 0.4) is 0 Å². The molecule has 0 bridgehead atoms. The Hall–Kier alpha value is -2.82. The highest BCUT2D eigenvalue weighted by atomic mass is 16.5. The monoisotopic (exact) mass is 354 g/mol. The topological polar surface area (TPSA) is 58.6 Å². The Kier molecular flexibility index (Phi) is 7.21. The summed E-state index contributed by atoms with van der Waals surface area (Å²) in [5.41, 5.74) is 2.86. The molecule has 0 aliphatic heterocycles. The first-order chi connectivity index (χ1) is 12.4. The van der Waals surface area contributed by atoms with Crippen molar-refractivity contribution >= 4 is 17.5 Å². The summed E-state index contributed by atoms with van der Waals surface area (Å²) in [5, 5.41) is 2.89. The van der Waals surface area contributed by atoms with Gasteiger partial charge in [0.05, 0.1) is 6.61 Å². The number of hydrogen-bond acceptors (Lipinski definition) is 3. The number of rotatable bonds is 8. The highest BCUT2D eigenvalue weighted by molar-refractivity contribution is 5.90. The highest BCUT2D eigenvalue weighted by Gasteiger charge is 2.06. The molecule has 0 fully saturated rings. The van der Waals surface area contributed by atoms with Crippen LogP contribution in [0.2, 0.25) is 0 Å². The second-order valence-electron chi connectivity index (χ2n) is 6.39. The van der Waals surface area contributed by atoms with Crippen LogP contribution >= 0.6 is 0 Å². The van der Waals surface area contributed by atoms with Crippen molar-refractivity contribution in [3.8, 4) is 5.75 Å². The van der Waals surface area contributed by atoms with Gasteiger partial charge in [0, 0.05) is 32.6 Å². The Morgan fingerprint density at radius 1 is 1.12 bits per heavy atom. The largest absolute Gasteiger partial charge is 0.494 e. The number of nitrogens with one attached hydrogen (secondary N) is 1. The molecule has 2 aromatic rings. The van der Waals surface area contributed by atoms with Gasteiger partial charge in [-0.15, -0.1) is 0 Å². The molecule has 1 N–H and O–H groups in total. The third kappa shape index (κ3) is 6.59. The van der Waals surface area contributed by atoms with Gasteiger partial charge in [-0.3, -0.25) is 9.59 Å². The molecule has 0 saturated carbocycles. The predicted molar refractivity (Wildman–Crippen MR) is 103 cm³/mol. The van der Waals surface area contributed by atoms with E-state index in [9.17, 15) is 9.59 Å². The van der Waals surface area contributed by atoms with E-state index in [1.54, 1.807) is 11.9 Å². The molecule has 0 spiro atoms. The van der Waals surface area contributed by atoms with E-state index >= 15 is 0 Å². The van der Waals surface area contributed by atoms with Gasteiger partial charge in [0.15, 0.2) is 0 Å². The van der Waals surface area contributed by atoms with Gasteiger partial charge in [0.2, 0.25) is 11.8 Å². The Morgan fingerprint density at radius 2 is 1.88 bits per heavy atom. The van der Waals surface area contributed by atoms with Crippen LogP contribution in [0.15, 0.2) is 48.5 Å². The molecular weight excluding hydrogens is 328 g/mol. The van der Waals surface area contributed by atoms with Crippen molar-refractivity contribution in [2.75, 3.05) is 19.0 Å². The normalized spacial score (nSPS) is 10.3. The lowest BCUT2D eigenvalue weighted by molar-refractivity contribution is -0.128. The van der Waals surface area contributed by atoms with Crippen molar-refractivity contribution in [1.82, 2.24) is 4.90 Å². The maximum Gasteiger partial charge on any atom is 0.224 e. The Morgan fingerprint density at radius 3 is 2.62 bits per heavy atom. The van der Waals surface area contributed by atoms with Crippen molar-refractivity contribution in [3.63, 3.8) is 0 Å². The second kappa shape index (κ2) is 9.61. The van der Waals surface area contributed by atoms with Gasteiger partial charge in [-0.1, -0.05) is 24.3 Å². The SMILES string of the molecule is CC(=O)N(C)Cc1cccc(NC(=O)CCCOc2cccc(C)c2)c1. The van der Waals surface area contributed by atoms with E-state index in [4.69, 9.17) is 4.74 Å². The molecule has 0 saturated heterocycles. The smallest absolute Gasteiger partial charge is 0.224 e. The fraction of sp³-hybridized carbons (Fsp3) is 0.333. The number of benzene rings is 2. The van der Waals surface area contributed by atoms with Gasteiger partial charge in [-0.2, -0.15) is 0 Å². The Balaban J connectivity index is 1.76. The summed E-state index contributed by atoms with van der Waals surface area (Å²) in [6.45, 7) is 4.57. The van der Waals surface area contributed by atoms with E-state index in [-0.39, 0.29) is 11.8 Å². The van der Waals surface area contributed by atoms with Gasteiger partial charge in [0.1, 0.15) is 5.75 Å². The molecule has 0 aliphatic carbocycles. The number of ether oxygens (including phenoxy) is 1. The zero-order valence-corrected chi connectivity index (χ0v) is 15.6. The van der Waals surface area contributed by atoms with Gasteiger partial charge in [-0.25, -0.2) is 0 Å². The van der Waals surface area contributed by atoms with Crippen LogP contribution in [-0.4, -0.2) is 30.4 Å². The summed E-state index contributed by atoms with van der Waals surface area (Å²) in [6, 6.07) is 15.4. The molecule has 5 heteroatoms. The molecular formula is C21H26N2O3. The molecule has 0 aliphatic rings. The Bertz CT molecular complexity index is 758. The third-order valence-corrected chi connectivity index (χ3v) is 3.97. The summed E-state index contributed by atoms with van der Waals surface area (Å²) >= 11 is 0. The molecule has 26 heavy (non-hydrogen) atoms. The second-order valence-corrected chi connectivity index (χ2v) is 6.39. The first kappa shape index (κ1) is 19.5. The molecule has 0 atom stereocenters. The summed E-state index contributed by atoms with van der Waals surface area (Å²) < 4.78 is 5.66. The number of nitrogens with zero attached hydrogens (tertiary/aromatic N) is 1. The maximum atomic E-state index is 12.1. The number of aryl methyl sites for hydroxylation is 1. The zero-order valence-electron chi connectivity index (χ0n) is 15.6. The first-order valence-electron chi connectivity index (χ1n) is 8.74. The van der Waals surface area contributed by atoms with E-state index < -0.39 is 0 Å². The van der Waals surface area contributed by atoms with Crippen LogP contribution in [0, 0.1) is 6.92 Å². The average molecular weight is 354 g/mol. The van der Waals surface area contributed by atoms with Crippen LogP contribution in [-0.2, 0) is 16.1 Å². The molecule has 2 amide bonds. The lowest BCUT2D eigenvalue weighted by atomic mass is 10.2. The van der Waals surface area contributed by atoms with Gasteiger partial charge >= 0.3 is 0 Å². The quantitative estimate of drug-likeness (QED) is 0.734. The van der Waals surface area contributed by atoms with Crippen LogP contribution in [0.5, 0.6) is 5.75 Å². The summed E-state index contributed by atoms with van der Waals surface area (Å²) in [6.07, 6.45) is 1.04. The van der Waals surface area contributed by atoms with E-state index in [0.717, 1.165) is 22.6 Å². The minimum absolute atomic E-state index is 0.00745. The lowest BCUT2D eigenvalue weighted by Gasteiger charge is -2.15. The van der Waals surface area contributed by atoms with E-state index in [0.29, 0.717) is 26.0 Å². The molecule has 0 aromatic heterocycles. The average Bonchev–Trinajstić information content (AvgIpc) is 2.59. The summed E-state index contributed by atoms with van der Waals surface area (Å²) in [4.78, 5) is 25.0. The van der Waals surface area contributed by atoms with Gasteiger partial charge in [0.25, 0.3) is 0 Å². The van der Waals surface area contributed by atoms with Gasteiger partial charge in [-0.05, 0) is 48.7 Å². The minimum atomic E-state index is -0.0464. The number of carbonyl (C=O) groups is 2. The number of hydrogen-bond donors (Lipinski definition) is 1. The first-order valence-corrected chi connectivity index (χ1v) is 8.74. The molecule has 0 unspecified atom stereocenters. The van der Waals surface area contributed by atoms with Crippen LogP contribution in [0.4, 0.5) is 5.69 Å². The fourth-order valence-corrected chi connectivity index (χ4v) is 2.48. The summed E-state index contributed by atoms with van der Waals surface area (Å²) in [7, 11) is 1.75. The number of amides is 2. The lowest BCUT2D eigenvalue weighted by Crippen LogP contribution is -2.23. The highest BCUT2D eigenvalue weighted by Crippen LogP contribution is 2.14. The minimum Gasteiger partial charge on any atom is -0.494 e. The molecule has 2 rings (SSSR count).